The number of amides is 2. The van der Waals surface area contributed by atoms with E-state index in [2.05, 4.69) is 10.2 Å². The van der Waals surface area contributed by atoms with Crippen LogP contribution in [-0.2, 0) is 14.3 Å². The molecule has 0 radical (unpaired) electrons. The van der Waals surface area contributed by atoms with Crippen LogP contribution in [0.5, 0.6) is 0 Å². The molecule has 1 aromatic carbocycles. The van der Waals surface area contributed by atoms with Crippen LogP contribution >= 0.6 is 0 Å². The van der Waals surface area contributed by atoms with Gasteiger partial charge in [-0.15, -0.1) is 0 Å². The largest absolute Gasteiger partial charge is 0.379 e. The summed E-state index contributed by atoms with van der Waals surface area (Å²) < 4.78 is 18.4. The van der Waals surface area contributed by atoms with Crippen molar-refractivity contribution in [3.63, 3.8) is 0 Å². The smallest absolute Gasteiger partial charge is 0.241 e. The molecular formula is C21H29FN4O3. The number of carbonyl (C=O) groups excluding carboxylic acids is 2. The van der Waals surface area contributed by atoms with Gasteiger partial charge in [0.15, 0.2) is 0 Å². The average molecular weight is 404 g/mol. The molecule has 4 rings (SSSR count). The molecule has 3 fully saturated rings. The topological polar surface area (TPSA) is 65.1 Å². The lowest BCUT2D eigenvalue weighted by molar-refractivity contribution is -0.136. The zero-order valence-electron chi connectivity index (χ0n) is 16.7. The molecule has 0 aliphatic carbocycles. The van der Waals surface area contributed by atoms with Crippen molar-refractivity contribution in [2.45, 2.75) is 12.8 Å². The first-order chi connectivity index (χ1) is 14.1. The number of hydrogen-bond donors (Lipinski definition) is 1. The molecule has 158 valence electrons. The van der Waals surface area contributed by atoms with Crippen LogP contribution in [0.25, 0.3) is 0 Å². The molecule has 2 amide bonds. The van der Waals surface area contributed by atoms with Gasteiger partial charge in [-0.2, -0.15) is 0 Å². The fourth-order valence-corrected chi connectivity index (χ4v) is 4.51. The summed E-state index contributed by atoms with van der Waals surface area (Å²) >= 11 is 0. The fraction of sp³-hybridized carbons (Fsp3) is 0.619. The Morgan fingerprint density at radius 2 is 1.79 bits per heavy atom. The molecule has 3 saturated heterocycles. The normalized spacial score (nSPS) is 25.2. The van der Waals surface area contributed by atoms with Crippen LogP contribution in [0.3, 0.4) is 0 Å². The van der Waals surface area contributed by atoms with E-state index in [9.17, 15) is 14.0 Å². The maximum Gasteiger partial charge on any atom is 0.241 e. The highest BCUT2D eigenvalue weighted by Gasteiger charge is 2.51. The van der Waals surface area contributed by atoms with Gasteiger partial charge in [0.05, 0.1) is 25.2 Å². The Kier molecular flexibility index (Phi) is 6.01. The lowest BCUT2D eigenvalue weighted by atomic mass is 9.85. The van der Waals surface area contributed by atoms with Crippen molar-refractivity contribution >= 4 is 17.5 Å². The molecule has 0 bridgehead atoms. The number of carbonyl (C=O) groups is 2. The first-order valence-electron chi connectivity index (χ1n) is 10.4. The maximum absolute atomic E-state index is 13.1. The molecule has 1 aromatic rings. The van der Waals surface area contributed by atoms with Crippen LogP contribution in [-0.4, -0.2) is 92.1 Å². The summed E-state index contributed by atoms with van der Waals surface area (Å²) in [5.74, 6) is -0.125. The third-order valence-corrected chi connectivity index (χ3v) is 6.39. The summed E-state index contributed by atoms with van der Waals surface area (Å²) in [5, 5.41) is 3.04. The molecule has 1 atom stereocenters. The quantitative estimate of drug-likeness (QED) is 0.767. The number of ether oxygens (including phenoxy) is 1. The molecule has 7 nitrogen and oxygen atoms in total. The van der Waals surface area contributed by atoms with E-state index in [1.54, 1.807) is 17.0 Å². The standard InChI is InChI=1S/C21H29FN4O3/c22-17-1-3-18(4-2-17)23-15-19(27)26-8-6-21(16-26)5-7-25(20(21)28)10-9-24-11-13-29-14-12-24/h1-4,23H,5-16H2. The van der Waals surface area contributed by atoms with E-state index in [0.717, 1.165) is 58.8 Å². The van der Waals surface area contributed by atoms with Crippen LogP contribution in [0.1, 0.15) is 12.8 Å². The Bertz CT molecular complexity index is 738. The summed E-state index contributed by atoms with van der Waals surface area (Å²) in [5.41, 5.74) is 0.302. The van der Waals surface area contributed by atoms with Gasteiger partial charge < -0.3 is 19.9 Å². The van der Waals surface area contributed by atoms with Crippen molar-refractivity contribution in [1.29, 1.82) is 0 Å². The van der Waals surface area contributed by atoms with Gasteiger partial charge in [-0.25, -0.2) is 4.39 Å². The van der Waals surface area contributed by atoms with Crippen LogP contribution < -0.4 is 5.32 Å². The lowest BCUT2D eigenvalue weighted by Gasteiger charge is -2.29. The SMILES string of the molecule is O=C(CNc1ccc(F)cc1)N1CCC2(CCN(CCN3CCOCC3)C2=O)C1. The number of halogens is 1. The molecule has 0 aromatic heterocycles. The molecule has 1 spiro atoms. The number of likely N-dealkylation sites (tertiary alicyclic amines) is 2. The van der Waals surface area contributed by atoms with Crippen molar-refractivity contribution in [1.82, 2.24) is 14.7 Å². The summed E-state index contributed by atoms with van der Waals surface area (Å²) in [6, 6.07) is 5.95. The Labute approximate surface area is 170 Å². The maximum atomic E-state index is 13.1. The van der Waals surface area contributed by atoms with E-state index < -0.39 is 5.41 Å². The average Bonchev–Trinajstić information content (AvgIpc) is 3.32. The number of nitrogens with one attached hydrogen (secondary N) is 1. The molecule has 1 N–H and O–H groups in total. The zero-order chi connectivity index (χ0) is 20.3. The first-order valence-corrected chi connectivity index (χ1v) is 10.4. The van der Waals surface area contributed by atoms with Crippen molar-refractivity contribution < 1.29 is 18.7 Å². The lowest BCUT2D eigenvalue weighted by Crippen LogP contribution is -2.44. The van der Waals surface area contributed by atoms with Crippen molar-refractivity contribution in [2.24, 2.45) is 5.41 Å². The Morgan fingerprint density at radius 3 is 2.55 bits per heavy atom. The van der Waals surface area contributed by atoms with Gasteiger partial charge in [-0.1, -0.05) is 0 Å². The summed E-state index contributed by atoms with van der Waals surface area (Å²) in [6.07, 6.45) is 1.56. The highest BCUT2D eigenvalue weighted by Crippen LogP contribution is 2.40. The predicted molar refractivity (Wildman–Crippen MR) is 107 cm³/mol. The van der Waals surface area contributed by atoms with Crippen molar-refractivity contribution in [2.75, 3.05) is 70.9 Å². The second kappa shape index (κ2) is 8.67. The minimum atomic E-state index is -0.406. The van der Waals surface area contributed by atoms with Crippen LogP contribution in [0.15, 0.2) is 24.3 Å². The molecule has 0 saturated carbocycles. The molecule has 3 heterocycles. The minimum absolute atomic E-state index is 0.0224. The fourth-order valence-electron chi connectivity index (χ4n) is 4.51. The van der Waals surface area contributed by atoms with Gasteiger partial charge in [-0.05, 0) is 37.1 Å². The van der Waals surface area contributed by atoms with Crippen LogP contribution in [0.2, 0.25) is 0 Å². The monoisotopic (exact) mass is 404 g/mol. The van der Waals surface area contributed by atoms with E-state index in [0.29, 0.717) is 18.8 Å². The number of rotatable bonds is 6. The molecule has 29 heavy (non-hydrogen) atoms. The highest BCUT2D eigenvalue weighted by molar-refractivity contribution is 5.88. The molecule has 1 unspecified atom stereocenters. The second-order valence-electron chi connectivity index (χ2n) is 8.20. The summed E-state index contributed by atoms with van der Waals surface area (Å²) in [4.78, 5) is 31.8. The summed E-state index contributed by atoms with van der Waals surface area (Å²) in [7, 11) is 0. The third kappa shape index (κ3) is 4.53. The van der Waals surface area contributed by atoms with Crippen molar-refractivity contribution in [3.05, 3.63) is 30.1 Å². The minimum Gasteiger partial charge on any atom is -0.379 e. The van der Waals surface area contributed by atoms with Gasteiger partial charge in [0.25, 0.3) is 0 Å². The second-order valence-corrected chi connectivity index (χ2v) is 8.20. The predicted octanol–water partition coefficient (Wildman–Crippen LogP) is 1.02. The number of benzene rings is 1. The van der Waals surface area contributed by atoms with Gasteiger partial charge in [0, 0.05) is 51.5 Å². The number of nitrogens with zero attached hydrogens (tertiary/aromatic N) is 3. The number of anilines is 1. The first kappa shape index (κ1) is 20.1. The number of hydrogen-bond acceptors (Lipinski definition) is 5. The van der Waals surface area contributed by atoms with Crippen LogP contribution in [0, 0.1) is 11.2 Å². The van der Waals surface area contributed by atoms with Crippen LogP contribution in [0.4, 0.5) is 10.1 Å². The van der Waals surface area contributed by atoms with E-state index in [1.807, 2.05) is 4.90 Å². The van der Waals surface area contributed by atoms with Crippen molar-refractivity contribution in [3.8, 4) is 0 Å². The molecule has 8 heteroatoms. The molecular weight excluding hydrogens is 375 g/mol. The van der Waals surface area contributed by atoms with E-state index >= 15 is 0 Å². The van der Waals surface area contributed by atoms with E-state index in [4.69, 9.17) is 4.74 Å². The third-order valence-electron chi connectivity index (χ3n) is 6.39. The zero-order valence-corrected chi connectivity index (χ0v) is 16.7. The van der Waals surface area contributed by atoms with E-state index in [1.165, 1.54) is 12.1 Å². The Balaban J connectivity index is 1.26. The molecule has 3 aliphatic rings. The number of morpholine rings is 1. The Hall–Kier alpha value is -2.19. The van der Waals surface area contributed by atoms with Gasteiger partial charge in [-0.3, -0.25) is 14.5 Å². The van der Waals surface area contributed by atoms with Gasteiger partial charge >= 0.3 is 0 Å². The highest BCUT2D eigenvalue weighted by atomic mass is 19.1. The summed E-state index contributed by atoms with van der Waals surface area (Å²) in [6.45, 7) is 7.07. The molecule has 3 aliphatic heterocycles. The Morgan fingerprint density at radius 1 is 1.07 bits per heavy atom. The van der Waals surface area contributed by atoms with E-state index in [-0.39, 0.29) is 24.2 Å². The van der Waals surface area contributed by atoms with Gasteiger partial charge in [0.1, 0.15) is 5.82 Å². The van der Waals surface area contributed by atoms with Gasteiger partial charge in [0.2, 0.25) is 11.8 Å².